The number of hydrogen-bond acceptors (Lipinski definition) is 2. The van der Waals surface area contributed by atoms with E-state index in [1.165, 1.54) is 12.1 Å². The van der Waals surface area contributed by atoms with Gasteiger partial charge in [-0.25, -0.2) is 4.39 Å². The highest BCUT2D eigenvalue weighted by Crippen LogP contribution is 2.18. The standard InChI is InChI=1S/C21H19FN2O2/c1-14-5-3-6-18(15(14)2)23-21(26)20(25)19-7-4-12-24(19)13-16-8-10-17(22)11-9-16/h3-12H,13H2,1-2H3,(H,23,26). The van der Waals surface area contributed by atoms with Crippen LogP contribution in [0.1, 0.15) is 27.2 Å². The Bertz CT molecular complexity index is 958. The maximum Gasteiger partial charge on any atom is 0.298 e. The fraction of sp³-hybridized carbons (Fsp3) is 0.143. The van der Waals surface area contributed by atoms with Gasteiger partial charge in [0.25, 0.3) is 11.7 Å². The summed E-state index contributed by atoms with van der Waals surface area (Å²) in [7, 11) is 0. The molecule has 0 aliphatic heterocycles. The molecule has 26 heavy (non-hydrogen) atoms. The predicted molar refractivity (Wildman–Crippen MR) is 98.8 cm³/mol. The molecule has 1 aromatic heterocycles. The van der Waals surface area contributed by atoms with Crippen molar-refractivity contribution in [1.29, 1.82) is 0 Å². The predicted octanol–water partition coefficient (Wildman–Crippen LogP) is 4.11. The molecule has 3 rings (SSSR count). The fourth-order valence-corrected chi connectivity index (χ4v) is 2.73. The number of carbonyl (C=O) groups is 2. The van der Waals surface area contributed by atoms with E-state index in [2.05, 4.69) is 5.32 Å². The first kappa shape index (κ1) is 17.6. The van der Waals surface area contributed by atoms with Crippen molar-refractivity contribution in [1.82, 2.24) is 4.57 Å². The minimum atomic E-state index is -0.683. The summed E-state index contributed by atoms with van der Waals surface area (Å²) in [5.74, 6) is -1.61. The van der Waals surface area contributed by atoms with Gasteiger partial charge in [-0.2, -0.15) is 0 Å². The fourth-order valence-electron chi connectivity index (χ4n) is 2.73. The summed E-state index contributed by atoms with van der Waals surface area (Å²) < 4.78 is 14.7. The summed E-state index contributed by atoms with van der Waals surface area (Å²) in [5.41, 5.74) is 3.72. The summed E-state index contributed by atoms with van der Waals surface area (Å²) in [6, 6.07) is 14.9. The minimum absolute atomic E-state index is 0.289. The molecule has 1 N–H and O–H groups in total. The third-order valence-electron chi connectivity index (χ3n) is 4.39. The number of amides is 1. The number of anilines is 1. The zero-order valence-electron chi connectivity index (χ0n) is 14.6. The number of ketones is 1. The normalized spacial score (nSPS) is 10.6. The molecule has 0 bridgehead atoms. The van der Waals surface area contributed by atoms with Gasteiger partial charge in [0.2, 0.25) is 0 Å². The molecule has 5 heteroatoms. The highest BCUT2D eigenvalue weighted by molar-refractivity contribution is 6.46. The minimum Gasteiger partial charge on any atom is -0.340 e. The van der Waals surface area contributed by atoms with E-state index in [0.717, 1.165) is 16.7 Å². The van der Waals surface area contributed by atoms with Crippen molar-refractivity contribution in [2.24, 2.45) is 0 Å². The van der Waals surface area contributed by atoms with Crippen molar-refractivity contribution in [3.63, 3.8) is 0 Å². The van der Waals surface area contributed by atoms with Crippen LogP contribution in [0.5, 0.6) is 0 Å². The highest BCUT2D eigenvalue weighted by atomic mass is 19.1. The average molecular weight is 350 g/mol. The molecule has 0 unspecified atom stereocenters. The molecule has 0 saturated heterocycles. The molecular formula is C21H19FN2O2. The summed E-state index contributed by atoms with van der Waals surface area (Å²) in [6.07, 6.45) is 1.72. The number of halogens is 1. The van der Waals surface area contributed by atoms with Gasteiger partial charge in [-0.1, -0.05) is 24.3 Å². The van der Waals surface area contributed by atoms with Gasteiger partial charge in [-0.05, 0) is 60.9 Å². The lowest BCUT2D eigenvalue weighted by Gasteiger charge is -2.11. The van der Waals surface area contributed by atoms with Crippen LogP contribution in [0.15, 0.2) is 60.8 Å². The Hall–Kier alpha value is -3.21. The number of aromatic nitrogens is 1. The second kappa shape index (κ2) is 7.35. The number of aryl methyl sites for hydroxylation is 1. The van der Waals surface area contributed by atoms with Crippen LogP contribution in [-0.2, 0) is 11.3 Å². The van der Waals surface area contributed by atoms with Crippen LogP contribution in [0, 0.1) is 19.7 Å². The summed E-state index contributed by atoms with van der Waals surface area (Å²) in [4.78, 5) is 25.0. The molecule has 1 heterocycles. The average Bonchev–Trinajstić information content (AvgIpc) is 3.08. The molecule has 0 aliphatic rings. The Balaban J connectivity index is 1.78. The molecule has 0 saturated carbocycles. The van der Waals surface area contributed by atoms with E-state index in [9.17, 15) is 14.0 Å². The monoisotopic (exact) mass is 350 g/mol. The molecular weight excluding hydrogens is 331 g/mol. The van der Waals surface area contributed by atoms with Gasteiger partial charge in [0.1, 0.15) is 5.82 Å². The lowest BCUT2D eigenvalue weighted by atomic mass is 10.1. The second-order valence-corrected chi connectivity index (χ2v) is 6.18. The molecule has 1 amide bonds. The highest BCUT2D eigenvalue weighted by Gasteiger charge is 2.20. The first-order chi connectivity index (χ1) is 12.5. The zero-order chi connectivity index (χ0) is 18.7. The van der Waals surface area contributed by atoms with E-state index >= 15 is 0 Å². The molecule has 3 aromatic rings. The Labute approximate surface area is 151 Å². The van der Waals surface area contributed by atoms with Gasteiger partial charge >= 0.3 is 0 Å². The molecule has 0 fully saturated rings. The number of benzene rings is 2. The van der Waals surface area contributed by atoms with Crippen LogP contribution in [0.25, 0.3) is 0 Å². The van der Waals surface area contributed by atoms with Crippen molar-refractivity contribution < 1.29 is 14.0 Å². The number of nitrogens with one attached hydrogen (secondary N) is 1. The van der Waals surface area contributed by atoms with E-state index in [1.807, 2.05) is 26.0 Å². The third-order valence-corrected chi connectivity index (χ3v) is 4.39. The topological polar surface area (TPSA) is 51.1 Å². The van der Waals surface area contributed by atoms with Crippen LogP contribution in [0.3, 0.4) is 0 Å². The van der Waals surface area contributed by atoms with Crippen molar-refractivity contribution in [2.45, 2.75) is 20.4 Å². The van der Waals surface area contributed by atoms with Gasteiger partial charge in [0.15, 0.2) is 0 Å². The SMILES string of the molecule is Cc1cccc(NC(=O)C(=O)c2cccn2Cc2ccc(F)cc2)c1C. The zero-order valence-corrected chi connectivity index (χ0v) is 14.6. The largest absolute Gasteiger partial charge is 0.340 e. The maximum atomic E-state index is 13.0. The van der Waals surface area contributed by atoms with E-state index in [1.54, 1.807) is 41.1 Å². The summed E-state index contributed by atoms with van der Waals surface area (Å²) in [5, 5.41) is 2.69. The van der Waals surface area contributed by atoms with Crippen molar-refractivity contribution in [2.75, 3.05) is 5.32 Å². The Morgan fingerprint density at radius 1 is 1.00 bits per heavy atom. The van der Waals surface area contributed by atoms with Crippen LogP contribution in [0.2, 0.25) is 0 Å². The van der Waals surface area contributed by atoms with E-state index in [4.69, 9.17) is 0 Å². The number of hydrogen-bond donors (Lipinski definition) is 1. The van der Waals surface area contributed by atoms with Crippen LogP contribution >= 0.6 is 0 Å². The number of nitrogens with zero attached hydrogens (tertiary/aromatic N) is 1. The quantitative estimate of drug-likeness (QED) is 0.556. The number of Topliss-reactive ketones (excluding diaryl/α,β-unsaturated/α-hetero) is 1. The molecule has 0 radical (unpaired) electrons. The van der Waals surface area contributed by atoms with Crippen LogP contribution < -0.4 is 5.32 Å². The van der Waals surface area contributed by atoms with E-state index in [0.29, 0.717) is 12.2 Å². The van der Waals surface area contributed by atoms with Crippen LogP contribution in [0.4, 0.5) is 10.1 Å². The lowest BCUT2D eigenvalue weighted by Crippen LogP contribution is -2.25. The third kappa shape index (κ3) is 3.72. The molecule has 132 valence electrons. The Morgan fingerprint density at radius 2 is 1.73 bits per heavy atom. The van der Waals surface area contributed by atoms with E-state index in [-0.39, 0.29) is 11.5 Å². The van der Waals surface area contributed by atoms with Gasteiger partial charge in [0, 0.05) is 18.4 Å². The summed E-state index contributed by atoms with van der Waals surface area (Å²) in [6.45, 7) is 4.22. The first-order valence-electron chi connectivity index (χ1n) is 8.27. The van der Waals surface area contributed by atoms with Crippen molar-refractivity contribution >= 4 is 17.4 Å². The second-order valence-electron chi connectivity index (χ2n) is 6.18. The number of rotatable bonds is 5. The molecule has 2 aromatic carbocycles. The van der Waals surface area contributed by atoms with Gasteiger partial charge in [-0.3, -0.25) is 9.59 Å². The molecule has 0 atom stereocenters. The smallest absolute Gasteiger partial charge is 0.298 e. The Morgan fingerprint density at radius 3 is 2.46 bits per heavy atom. The molecule has 4 nitrogen and oxygen atoms in total. The molecule has 0 spiro atoms. The van der Waals surface area contributed by atoms with Gasteiger partial charge in [-0.15, -0.1) is 0 Å². The van der Waals surface area contributed by atoms with Crippen molar-refractivity contribution in [3.05, 3.63) is 89.0 Å². The van der Waals surface area contributed by atoms with Crippen molar-refractivity contribution in [3.8, 4) is 0 Å². The lowest BCUT2D eigenvalue weighted by molar-refractivity contribution is -0.112. The first-order valence-corrected chi connectivity index (χ1v) is 8.27. The Kier molecular flexibility index (Phi) is 4.98. The summed E-state index contributed by atoms with van der Waals surface area (Å²) >= 11 is 0. The van der Waals surface area contributed by atoms with E-state index < -0.39 is 11.7 Å². The van der Waals surface area contributed by atoms with Crippen LogP contribution in [-0.4, -0.2) is 16.3 Å². The maximum absolute atomic E-state index is 13.0. The molecule has 0 aliphatic carbocycles. The van der Waals surface area contributed by atoms with Gasteiger partial charge in [0.05, 0.1) is 5.69 Å². The van der Waals surface area contributed by atoms with Gasteiger partial charge < -0.3 is 9.88 Å². The number of carbonyl (C=O) groups excluding carboxylic acids is 2.